The second-order valence-electron chi connectivity index (χ2n) is 15.5. The summed E-state index contributed by atoms with van der Waals surface area (Å²) in [6.07, 6.45) is 10.7. The standard InChI is InChI=1S/C44H43N11O7/c1-24-12-31-19-45-33-17-36(25(2)13-32(33)43(60)55(31)20-24)62-11-7-8-38(57)49-37-23-53(6)40(50-37)42(59)48-29-15-34(51(4)21-29)41(58)47-30-16-35(52(5)22-30)44(61)54-10-9-27-14-28(26(3)56)18-46-39(27)54/h9-10,13-19,21-23,31H,1,7-8,11-12,20H2,2-6H3,(H,47,58)(H,48,59)(H,49,57)/t31-/m0/s1. The normalized spacial score (nSPS) is 14.4. The second-order valence-corrected chi connectivity index (χ2v) is 15.5. The number of ketones is 1. The fourth-order valence-electron chi connectivity index (χ4n) is 7.56. The van der Waals surface area contributed by atoms with Crippen molar-refractivity contribution in [3.63, 3.8) is 0 Å². The zero-order valence-electron chi connectivity index (χ0n) is 34.7. The minimum atomic E-state index is -0.567. The number of carbonyl (C=O) groups is 6. The molecule has 0 spiro atoms. The minimum absolute atomic E-state index is 0.0233. The topological polar surface area (TPSA) is 209 Å². The third-order valence-electron chi connectivity index (χ3n) is 10.7. The van der Waals surface area contributed by atoms with E-state index in [2.05, 4.69) is 37.5 Å². The van der Waals surface area contributed by atoms with Crippen LogP contribution < -0.4 is 20.7 Å². The molecule has 316 valence electrons. The molecular weight excluding hydrogens is 795 g/mol. The zero-order valence-corrected chi connectivity index (χ0v) is 34.7. The summed E-state index contributed by atoms with van der Waals surface area (Å²) in [6, 6.07) is 9.88. The number of amides is 4. The van der Waals surface area contributed by atoms with E-state index >= 15 is 0 Å². The van der Waals surface area contributed by atoms with E-state index in [-0.39, 0.29) is 65.6 Å². The number of nitrogens with one attached hydrogen (secondary N) is 3. The monoisotopic (exact) mass is 837 g/mol. The first-order valence-corrected chi connectivity index (χ1v) is 19.7. The number of ether oxygens (including phenoxy) is 1. The lowest BCUT2D eigenvalue weighted by atomic mass is 10.1. The predicted octanol–water partition coefficient (Wildman–Crippen LogP) is 5.44. The molecule has 8 rings (SSSR count). The Morgan fingerprint density at radius 1 is 0.903 bits per heavy atom. The highest BCUT2D eigenvalue weighted by atomic mass is 16.5. The number of aromatic nitrogens is 6. The molecule has 1 saturated heterocycles. The van der Waals surface area contributed by atoms with E-state index in [0.29, 0.717) is 64.4 Å². The van der Waals surface area contributed by atoms with Gasteiger partial charge in [-0.2, -0.15) is 0 Å². The fourth-order valence-corrected chi connectivity index (χ4v) is 7.56. The number of fused-ring (bicyclic) bond motifs is 3. The Bertz CT molecular complexity index is 2910. The van der Waals surface area contributed by atoms with Gasteiger partial charge >= 0.3 is 0 Å². The number of Topliss-reactive ketones (excluding diaryl/α,β-unsaturated/α-hetero) is 1. The Morgan fingerprint density at radius 3 is 2.39 bits per heavy atom. The van der Waals surface area contributed by atoms with Crippen LogP contribution in [0.2, 0.25) is 0 Å². The Labute approximate surface area is 354 Å². The van der Waals surface area contributed by atoms with Crippen LogP contribution in [0.1, 0.15) is 84.1 Å². The highest BCUT2D eigenvalue weighted by Gasteiger charge is 2.34. The maximum atomic E-state index is 13.5. The van der Waals surface area contributed by atoms with Crippen molar-refractivity contribution in [3.8, 4) is 5.75 Å². The van der Waals surface area contributed by atoms with Crippen molar-refractivity contribution in [2.45, 2.75) is 39.2 Å². The first kappa shape index (κ1) is 40.9. The molecule has 1 aromatic carbocycles. The largest absolute Gasteiger partial charge is 0.493 e. The summed E-state index contributed by atoms with van der Waals surface area (Å²) in [6.45, 7) is 8.09. The first-order chi connectivity index (χ1) is 29.6. The maximum absolute atomic E-state index is 13.5. The van der Waals surface area contributed by atoms with Gasteiger partial charge in [-0.25, -0.2) is 9.97 Å². The maximum Gasteiger partial charge on any atom is 0.291 e. The van der Waals surface area contributed by atoms with Gasteiger partial charge in [-0.05, 0) is 62.6 Å². The van der Waals surface area contributed by atoms with E-state index in [1.54, 1.807) is 90.3 Å². The average molecular weight is 838 g/mol. The number of imidazole rings is 1. The van der Waals surface area contributed by atoms with Crippen LogP contribution >= 0.6 is 0 Å². The lowest BCUT2D eigenvalue weighted by molar-refractivity contribution is -0.116. The summed E-state index contributed by atoms with van der Waals surface area (Å²) in [7, 11) is 4.95. The van der Waals surface area contributed by atoms with Gasteiger partial charge in [-0.3, -0.25) is 38.3 Å². The Balaban J connectivity index is 0.832. The molecule has 62 heavy (non-hydrogen) atoms. The van der Waals surface area contributed by atoms with E-state index in [4.69, 9.17) is 4.74 Å². The van der Waals surface area contributed by atoms with Gasteiger partial charge in [0.1, 0.15) is 22.8 Å². The van der Waals surface area contributed by atoms with Gasteiger partial charge in [0.25, 0.3) is 23.6 Å². The minimum Gasteiger partial charge on any atom is -0.493 e. The number of rotatable bonds is 12. The number of carbonyl (C=O) groups excluding carboxylic acids is 6. The summed E-state index contributed by atoms with van der Waals surface area (Å²) < 4.78 is 12.0. The molecule has 2 aliphatic rings. The van der Waals surface area contributed by atoms with Crippen molar-refractivity contribution in [3.05, 3.63) is 113 Å². The van der Waals surface area contributed by atoms with Crippen molar-refractivity contribution in [1.29, 1.82) is 0 Å². The molecule has 5 aromatic heterocycles. The number of aliphatic imine (C=N–C) groups is 1. The number of nitrogens with zero attached hydrogens (tertiary/aromatic N) is 8. The van der Waals surface area contributed by atoms with Crippen molar-refractivity contribution in [1.82, 2.24) is 33.1 Å². The highest BCUT2D eigenvalue weighted by Crippen LogP contribution is 2.35. The molecule has 7 heterocycles. The van der Waals surface area contributed by atoms with Crippen LogP contribution in [0.25, 0.3) is 11.0 Å². The number of hydrogen-bond donors (Lipinski definition) is 3. The molecule has 1 atom stereocenters. The molecule has 18 nitrogen and oxygen atoms in total. The smallest absolute Gasteiger partial charge is 0.291 e. The molecule has 0 bridgehead atoms. The van der Waals surface area contributed by atoms with Crippen LogP contribution in [-0.4, -0.2) is 93.9 Å². The molecule has 6 aromatic rings. The van der Waals surface area contributed by atoms with Crippen LogP contribution in [0.3, 0.4) is 0 Å². The summed E-state index contributed by atoms with van der Waals surface area (Å²) in [4.78, 5) is 92.9. The van der Waals surface area contributed by atoms with Crippen molar-refractivity contribution in [2.24, 2.45) is 26.1 Å². The number of anilines is 3. The molecule has 0 saturated carbocycles. The van der Waals surface area contributed by atoms with Crippen molar-refractivity contribution in [2.75, 3.05) is 29.1 Å². The third kappa shape index (κ3) is 8.04. The highest BCUT2D eigenvalue weighted by molar-refractivity contribution is 6.08. The van der Waals surface area contributed by atoms with Gasteiger partial charge in [0.05, 0.1) is 35.3 Å². The second kappa shape index (κ2) is 16.3. The Kier molecular flexibility index (Phi) is 10.7. The van der Waals surface area contributed by atoms with E-state index in [1.807, 2.05) is 6.92 Å². The predicted molar refractivity (Wildman–Crippen MR) is 231 cm³/mol. The molecule has 1 fully saturated rings. The van der Waals surface area contributed by atoms with Gasteiger partial charge in [0.15, 0.2) is 11.6 Å². The Morgan fingerprint density at radius 2 is 1.63 bits per heavy atom. The van der Waals surface area contributed by atoms with E-state index in [0.717, 1.165) is 11.1 Å². The van der Waals surface area contributed by atoms with E-state index in [1.165, 1.54) is 34.5 Å². The molecule has 4 amide bonds. The Hall–Kier alpha value is -7.89. The van der Waals surface area contributed by atoms with Crippen LogP contribution in [-0.2, 0) is 25.9 Å². The number of aryl methyl sites for hydroxylation is 4. The molecule has 0 unspecified atom stereocenters. The molecule has 3 N–H and O–H groups in total. The molecular formula is C44H43N11O7. The van der Waals surface area contributed by atoms with Crippen LogP contribution in [0, 0.1) is 6.92 Å². The van der Waals surface area contributed by atoms with Gasteiger partial charge in [-0.1, -0.05) is 12.2 Å². The number of pyridine rings is 1. The quantitative estimate of drug-likeness (QED) is 0.0814. The van der Waals surface area contributed by atoms with Crippen LogP contribution in [0.15, 0.2) is 84.5 Å². The molecule has 0 aliphatic carbocycles. The summed E-state index contributed by atoms with van der Waals surface area (Å²) in [5, 5.41) is 8.92. The number of benzene rings is 1. The molecule has 0 radical (unpaired) electrons. The van der Waals surface area contributed by atoms with Gasteiger partial charge in [0, 0.05) is 88.3 Å². The van der Waals surface area contributed by atoms with Gasteiger partial charge in [0.2, 0.25) is 11.7 Å². The number of hydrogen-bond acceptors (Lipinski definition) is 10. The summed E-state index contributed by atoms with van der Waals surface area (Å²) >= 11 is 0. The SMILES string of the molecule is C=C1C[C@H]2C=Nc3cc(OCCCC(=O)Nc4cn(C)c(C(=O)Nc5cc(C(=O)Nc6cc(C(=O)n7ccc8cc(C(C)=O)cnc87)n(C)c6)n(C)c5)n4)c(C)cc3C(=O)N2C1. The van der Waals surface area contributed by atoms with E-state index in [9.17, 15) is 28.8 Å². The summed E-state index contributed by atoms with van der Waals surface area (Å²) in [5.74, 6) is -1.17. The lowest BCUT2D eigenvalue weighted by Crippen LogP contribution is -2.35. The average Bonchev–Trinajstić information content (AvgIpc) is 4.05. The first-order valence-electron chi connectivity index (χ1n) is 19.7. The molecule has 2 aliphatic heterocycles. The lowest BCUT2D eigenvalue weighted by Gasteiger charge is -2.20. The fraction of sp³-hybridized carbons (Fsp3) is 0.250. The summed E-state index contributed by atoms with van der Waals surface area (Å²) in [5.41, 5.74) is 4.89. The third-order valence-corrected chi connectivity index (χ3v) is 10.7. The van der Waals surface area contributed by atoms with Gasteiger partial charge in [-0.15, -0.1) is 0 Å². The molecule has 18 heteroatoms. The van der Waals surface area contributed by atoms with Crippen LogP contribution in [0.4, 0.5) is 22.9 Å². The van der Waals surface area contributed by atoms with Crippen molar-refractivity contribution >= 4 is 75.4 Å². The van der Waals surface area contributed by atoms with Gasteiger partial charge < -0.3 is 39.3 Å². The zero-order chi connectivity index (χ0) is 44.0. The van der Waals surface area contributed by atoms with Crippen LogP contribution in [0.5, 0.6) is 5.75 Å². The van der Waals surface area contributed by atoms with Crippen molar-refractivity contribution < 1.29 is 33.5 Å². The van der Waals surface area contributed by atoms with E-state index < -0.39 is 11.8 Å².